The number of nitrogens with two attached hydrogens (primary N) is 1. The van der Waals surface area contributed by atoms with Gasteiger partial charge in [0.1, 0.15) is 6.04 Å². The summed E-state index contributed by atoms with van der Waals surface area (Å²) >= 11 is 0. The molecule has 1 heterocycles. The normalized spacial score (nSPS) is 28.9. The van der Waals surface area contributed by atoms with Gasteiger partial charge in [-0.15, -0.1) is 0 Å². The van der Waals surface area contributed by atoms with Crippen LogP contribution in [0.2, 0.25) is 0 Å². The van der Waals surface area contributed by atoms with Crippen molar-refractivity contribution in [2.75, 3.05) is 13.1 Å². The molecule has 4 fully saturated rings. The third-order valence-corrected chi connectivity index (χ3v) is 8.36. The predicted octanol–water partition coefficient (Wildman–Crippen LogP) is 0.314. The van der Waals surface area contributed by atoms with Gasteiger partial charge in [0, 0.05) is 6.54 Å². The Morgan fingerprint density at radius 2 is 1.95 bits per heavy atom. The molecule has 0 unspecified atom stereocenters. The van der Waals surface area contributed by atoms with Gasteiger partial charge in [-0.2, -0.15) is 0 Å². The molecule has 208 valence electrons. The van der Waals surface area contributed by atoms with Gasteiger partial charge in [0.05, 0.1) is 24.2 Å². The highest BCUT2D eigenvalue weighted by Crippen LogP contribution is 2.65. The van der Waals surface area contributed by atoms with E-state index in [9.17, 15) is 19.7 Å². The standard InChI is InChI=1S/C23H42BN7O6/c1-13(2)9-18(24-36-17-11-14-10-16(22(14,3)4)23(17,5)37-24)29-20(33)15(28-19(32)12-25)7-6-8-27-21(26)30-31(34)35/h13-18H,6-12,25H2,1-5H3,(H,28,32)(H,29,33)(H3,26,27,30)/t14-,15-,16-,17+,18-,23-/m0/s1. The topological polar surface area (TPSA) is 194 Å². The van der Waals surface area contributed by atoms with E-state index in [1.165, 1.54) is 0 Å². The molecule has 13 nitrogen and oxygen atoms in total. The summed E-state index contributed by atoms with van der Waals surface area (Å²) in [5, 5.41) is 25.3. The summed E-state index contributed by atoms with van der Waals surface area (Å²) in [5.41, 5.74) is 6.97. The van der Waals surface area contributed by atoms with Crippen LogP contribution in [0.3, 0.4) is 0 Å². The van der Waals surface area contributed by atoms with Crippen molar-refractivity contribution in [1.29, 1.82) is 5.41 Å². The molecule has 3 aliphatic carbocycles. The average molecular weight is 523 g/mol. The van der Waals surface area contributed by atoms with Crippen LogP contribution in [-0.2, 0) is 18.9 Å². The van der Waals surface area contributed by atoms with Gasteiger partial charge in [-0.05, 0) is 62.2 Å². The van der Waals surface area contributed by atoms with E-state index >= 15 is 0 Å². The average Bonchev–Trinajstić information content (AvgIpc) is 3.16. The molecular weight excluding hydrogens is 481 g/mol. The molecule has 7 N–H and O–H groups in total. The lowest BCUT2D eigenvalue weighted by atomic mass is 9.43. The highest BCUT2D eigenvalue weighted by atomic mass is 16.7. The van der Waals surface area contributed by atoms with Crippen molar-refractivity contribution in [2.24, 2.45) is 28.9 Å². The van der Waals surface area contributed by atoms with Crippen LogP contribution in [0.5, 0.6) is 0 Å². The number of guanidine groups is 1. The molecule has 6 atom stereocenters. The Balaban J connectivity index is 1.64. The van der Waals surface area contributed by atoms with E-state index in [1.807, 2.05) is 0 Å². The number of rotatable bonds is 12. The molecule has 0 aromatic carbocycles. The van der Waals surface area contributed by atoms with Crippen molar-refractivity contribution in [3.63, 3.8) is 0 Å². The molecule has 2 amide bonds. The molecule has 37 heavy (non-hydrogen) atoms. The van der Waals surface area contributed by atoms with E-state index in [0.29, 0.717) is 24.7 Å². The minimum atomic E-state index is -0.865. The van der Waals surface area contributed by atoms with E-state index in [4.69, 9.17) is 20.5 Å². The fourth-order valence-electron chi connectivity index (χ4n) is 6.27. The lowest BCUT2D eigenvalue weighted by Crippen LogP contribution is -2.65. The van der Waals surface area contributed by atoms with Gasteiger partial charge >= 0.3 is 7.12 Å². The van der Waals surface area contributed by atoms with Crippen LogP contribution in [0.25, 0.3) is 0 Å². The first kappa shape index (κ1) is 29.1. The highest BCUT2D eigenvalue weighted by Gasteiger charge is 2.68. The van der Waals surface area contributed by atoms with Crippen LogP contribution in [-0.4, -0.2) is 66.7 Å². The molecule has 2 bridgehead atoms. The minimum absolute atomic E-state index is 0.0113. The maximum absolute atomic E-state index is 13.3. The Kier molecular flexibility index (Phi) is 9.07. The van der Waals surface area contributed by atoms with Crippen molar-refractivity contribution in [1.82, 2.24) is 21.4 Å². The van der Waals surface area contributed by atoms with Crippen molar-refractivity contribution in [2.45, 2.75) is 90.4 Å². The molecule has 0 aromatic rings. The number of nitrogens with zero attached hydrogens (tertiary/aromatic N) is 1. The van der Waals surface area contributed by atoms with Crippen LogP contribution < -0.4 is 27.1 Å². The Bertz CT molecular complexity index is 890. The molecule has 4 rings (SSSR count). The van der Waals surface area contributed by atoms with E-state index in [0.717, 1.165) is 12.8 Å². The monoisotopic (exact) mass is 523 g/mol. The number of hydrogen-bond donors (Lipinski definition) is 6. The number of carbonyl (C=O) groups excluding carboxylic acids is 2. The third-order valence-electron chi connectivity index (χ3n) is 8.36. The van der Waals surface area contributed by atoms with Crippen LogP contribution in [0.1, 0.15) is 66.7 Å². The van der Waals surface area contributed by atoms with E-state index in [1.54, 1.807) is 5.43 Å². The zero-order valence-corrected chi connectivity index (χ0v) is 22.5. The molecule has 4 aliphatic rings. The van der Waals surface area contributed by atoms with E-state index in [-0.39, 0.29) is 42.9 Å². The Labute approximate surface area is 218 Å². The predicted molar refractivity (Wildman–Crippen MR) is 138 cm³/mol. The second kappa shape index (κ2) is 11.5. The molecule has 1 aliphatic heterocycles. The van der Waals surface area contributed by atoms with Crippen LogP contribution in [0, 0.1) is 38.7 Å². The van der Waals surface area contributed by atoms with Crippen molar-refractivity contribution in [3.05, 3.63) is 10.1 Å². The molecule has 0 aromatic heterocycles. The Morgan fingerprint density at radius 3 is 2.54 bits per heavy atom. The number of nitrogens with one attached hydrogen (secondary N) is 5. The number of carbonyl (C=O) groups is 2. The first-order valence-corrected chi connectivity index (χ1v) is 13.1. The molecule has 1 saturated heterocycles. The molecule has 0 radical (unpaired) electrons. The van der Waals surface area contributed by atoms with Gasteiger partial charge < -0.3 is 31.0 Å². The van der Waals surface area contributed by atoms with Crippen LogP contribution in [0.15, 0.2) is 0 Å². The van der Waals surface area contributed by atoms with Crippen LogP contribution >= 0.6 is 0 Å². The van der Waals surface area contributed by atoms with E-state index in [2.05, 4.69) is 50.6 Å². The minimum Gasteiger partial charge on any atom is -0.404 e. The van der Waals surface area contributed by atoms with Crippen molar-refractivity contribution < 1.29 is 23.9 Å². The molecular formula is C23H42BN7O6. The number of amides is 2. The van der Waals surface area contributed by atoms with Gasteiger partial charge in [0.2, 0.25) is 11.8 Å². The maximum Gasteiger partial charge on any atom is 0.481 e. The third kappa shape index (κ3) is 6.53. The number of hydrazine groups is 1. The summed E-state index contributed by atoms with van der Waals surface area (Å²) in [6, 6.07) is -0.865. The smallest absolute Gasteiger partial charge is 0.404 e. The van der Waals surface area contributed by atoms with Crippen molar-refractivity contribution >= 4 is 24.9 Å². The van der Waals surface area contributed by atoms with Crippen molar-refractivity contribution in [3.8, 4) is 0 Å². The molecule has 14 heteroatoms. The second-order valence-electron chi connectivity index (χ2n) is 11.7. The fourth-order valence-corrected chi connectivity index (χ4v) is 6.27. The molecule has 0 spiro atoms. The summed E-state index contributed by atoms with van der Waals surface area (Å²) in [7, 11) is -0.585. The quantitative estimate of drug-likeness (QED) is 0.0521. The molecule has 3 saturated carbocycles. The second-order valence-corrected chi connectivity index (χ2v) is 11.7. The first-order chi connectivity index (χ1) is 17.3. The first-order valence-electron chi connectivity index (χ1n) is 13.1. The van der Waals surface area contributed by atoms with Gasteiger partial charge in [-0.25, -0.2) is 10.1 Å². The zero-order valence-electron chi connectivity index (χ0n) is 22.5. The highest BCUT2D eigenvalue weighted by molar-refractivity contribution is 6.47. The lowest BCUT2D eigenvalue weighted by molar-refractivity contribution is -0.525. The lowest BCUT2D eigenvalue weighted by Gasteiger charge is -2.64. The maximum atomic E-state index is 13.3. The summed E-state index contributed by atoms with van der Waals surface area (Å²) < 4.78 is 13.0. The van der Waals surface area contributed by atoms with Gasteiger partial charge in [-0.3, -0.25) is 15.0 Å². The van der Waals surface area contributed by atoms with Gasteiger partial charge in [-0.1, -0.05) is 33.1 Å². The number of hydrogen-bond acceptors (Lipinski definition) is 8. The summed E-state index contributed by atoms with van der Waals surface area (Å²) in [5.74, 6) is -0.421. The number of nitro groups is 1. The zero-order chi connectivity index (χ0) is 27.5. The van der Waals surface area contributed by atoms with Crippen LogP contribution in [0.4, 0.5) is 0 Å². The van der Waals surface area contributed by atoms with Gasteiger partial charge in [0.25, 0.3) is 5.96 Å². The van der Waals surface area contributed by atoms with Gasteiger partial charge in [0.15, 0.2) is 5.03 Å². The summed E-state index contributed by atoms with van der Waals surface area (Å²) in [6.45, 7) is 10.8. The van der Waals surface area contributed by atoms with E-state index < -0.39 is 41.6 Å². The Morgan fingerprint density at radius 1 is 1.24 bits per heavy atom. The summed E-state index contributed by atoms with van der Waals surface area (Å²) in [4.78, 5) is 35.8. The summed E-state index contributed by atoms with van der Waals surface area (Å²) in [6.07, 6.45) is 3.32. The Hall–Kier alpha value is -2.45. The largest absolute Gasteiger partial charge is 0.481 e. The fraction of sp³-hybridized carbons (Fsp3) is 0.870. The SMILES string of the molecule is CC(C)C[C@H](NC(=O)[C@H](CCCNC(=N)N[N+](=O)[O-])NC(=O)CN)B1O[C@@H]2C[C@@H]3C[C@@H](C3(C)C)[C@]2(C)O1.